The van der Waals surface area contributed by atoms with Crippen LogP contribution in [0.1, 0.15) is 33.9 Å². The van der Waals surface area contributed by atoms with Gasteiger partial charge in [0.2, 0.25) is 0 Å². The van der Waals surface area contributed by atoms with Crippen LogP contribution in [0.5, 0.6) is 0 Å². The fourth-order valence-electron chi connectivity index (χ4n) is 3.09. The second kappa shape index (κ2) is 10.0. The molecule has 0 saturated heterocycles. The van der Waals surface area contributed by atoms with Gasteiger partial charge in [0.1, 0.15) is 0 Å². The number of urea groups is 1. The van der Waals surface area contributed by atoms with Gasteiger partial charge in [0.05, 0.1) is 6.04 Å². The Balaban J connectivity index is 0.000000187. The average molecular weight is 467 g/mol. The predicted octanol–water partition coefficient (Wildman–Crippen LogP) is 5.18. The van der Waals surface area contributed by atoms with Crippen molar-refractivity contribution in [2.45, 2.75) is 19.4 Å². The molecule has 5 N–H and O–H groups in total. The smallest absolute Gasteiger partial charge is 0.333 e. The van der Waals surface area contributed by atoms with Gasteiger partial charge in [-0.25, -0.2) is 10.6 Å². The van der Waals surface area contributed by atoms with Crippen molar-refractivity contribution in [1.29, 1.82) is 0 Å². The molecule has 154 valence electrons. The van der Waals surface area contributed by atoms with Crippen LogP contribution < -0.4 is 21.9 Å². The predicted molar refractivity (Wildman–Crippen MR) is 123 cm³/mol. The summed E-state index contributed by atoms with van der Waals surface area (Å²) in [5.74, 6) is 5.09. The number of rotatable bonds is 2. The minimum absolute atomic E-state index is 0.0699. The molecule has 3 aromatic rings. The van der Waals surface area contributed by atoms with Gasteiger partial charge in [-0.2, -0.15) is 0 Å². The Morgan fingerprint density at radius 3 is 2.37 bits per heavy atom. The lowest BCUT2D eigenvalue weighted by molar-refractivity contribution is 0.0972. The molecule has 2 amide bonds. The summed E-state index contributed by atoms with van der Waals surface area (Å²) in [4.78, 5) is 22.8. The largest absolute Gasteiger partial charge is 0.377 e. The molecule has 0 saturated carbocycles. The molecule has 0 spiro atoms. The third kappa shape index (κ3) is 5.68. The van der Waals surface area contributed by atoms with E-state index in [1.54, 1.807) is 0 Å². The summed E-state index contributed by atoms with van der Waals surface area (Å²) in [6, 6.07) is 22.9. The number of Topliss-reactive ketones (excluding diaryl/α,β-unsaturated/α-hetero) is 1. The van der Waals surface area contributed by atoms with Gasteiger partial charge in [0.25, 0.3) is 0 Å². The summed E-state index contributed by atoms with van der Waals surface area (Å²) in [6.07, 6.45) is 0.513. The zero-order valence-electron chi connectivity index (χ0n) is 16.5. The third-order valence-electron chi connectivity index (χ3n) is 4.66. The van der Waals surface area contributed by atoms with Gasteiger partial charge in [0, 0.05) is 27.8 Å². The number of amides is 2. The number of nitrogens with one attached hydrogen (secondary N) is 3. The van der Waals surface area contributed by atoms with Crippen molar-refractivity contribution in [2.24, 2.45) is 5.84 Å². The minimum Gasteiger partial charge on any atom is -0.377 e. The lowest BCUT2D eigenvalue weighted by Gasteiger charge is -2.26. The number of aryl methyl sites for hydroxylation is 1. The number of nitrogens with two attached hydrogens (primary N) is 1. The topological polar surface area (TPSA) is 96.2 Å². The number of hydrogen-bond donors (Lipinski definition) is 4. The number of fused-ring (bicyclic) bond motifs is 1. The molecule has 1 aliphatic rings. The van der Waals surface area contributed by atoms with E-state index in [-0.39, 0.29) is 11.8 Å². The minimum atomic E-state index is -0.418. The van der Waals surface area contributed by atoms with Crippen LogP contribution in [0.25, 0.3) is 0 Å². The maximum Gasteiger partial charge on any atom is 0.333 e. The van der Waals surface area contributed by atoms with Gasteiger partial charge in [-0.05, 0) is 48.9 Å². The first kappa shape index (κ1) is 21.5. The lowest BCUT2D eigenvalue weighted by Crippen LogP contribution is -2.34. The summed E-state index contributed by atoms with van der Waals surface area (Å²) in [6.45, 7) is 1.98. The summed E-state index contributed by atoms with van der Waals surface area (Å²) in [7, 11) is 0. The highest BCUT2D eigenvalue weighted by atomic mass is 79.9. The van der Waals surface area contributed by atoms with E-state index in [4.69, 9.17) is 5.84 Å². The van der Waals surface area contributed by atoms with Crippen molar-refractivity contribution in [2.75, 3.05) is 10.6 Å². The first-order valence-electron chi connectivity index (χ1n) is 9.45. The fraction of sp³-hybridized carbons (Fsp3) is 0.130. The Morgan fingerprint density at radius 2 is 1.70 bits per heavy atom. The SMILES string of the molecule is Cc1ccc(NC(=O)NN)cc1.O=C1CC(c2ccc(Br)cc2)Nc2ccccc21. The molecule has 7 heteroatoms. The highest BCUT2D eigenvalue weighted by molar-refractivity contribution is 9.10. The van der Waals surface area contributed by atoms with Crippen molar-refractivity contribution in [3.05, 3.63) is 94.0 Å². The number of carbonyl (C=O) groups is 2. The molecule has 30 heavy (non-hydrogen) atoms. The number of halogens is 1. The van der Waals surface area contributed by atoms with E-state index < -0.39 is 6.03 Å². The Hall–Kier alpha value is -3.16. The summed E-state index contributed by atoms with van der Waals surface area (Å²) >= 11 is 3.42. The molecular formula is C23H23BrN4O2. The van der Waals surface area contributed by atoms with Gasteiger partial charge >= 0.3 is 6.03 Å². The number of hydrogen-bond acceptors (Lipinski definition) is 4. The number of anilines is 2. The van der Waals surface area contributed by atoms with Crippen LogP contribution in [0.3, 0.4) is 0 Å². The van der Waals surface area contributed by atoms with Gasteiger partial charge in [-0.1, -0.05) is 57.9 Å². The molecule has 0 radical (unpaired) electrons. The lowest BCUT2D eigenvalue weighted by atomic mass is 9.92. The van der Waals surface area contributed by atoms with E-state index in [0.717, 1.165) is 32.5 Å². The van der Waals surface area contributed by atoms with Gasteiger partial charge in [-0.3, -0.25) is 10.2 Å². The molecule has 6 nitrogen and oxygen atoms in total. The Bertz CT molecular complexity index is 1020. The van der Waals surface area contributed by atoms with Crippen LogP contribution in [0, 0.1) is 6.92 Å². The highest BCUT2D eigenvalue weighted by Crippen LogP contribution is 2.32. The molecule has 1 heterocycles. The Labute approximate surface area is 184 Å². The second-order valence-corrected chi connectivity index (χ2v) is 7.80. The number of carbonyl (C=O) groups excluding carboxylic acids is 2. The van der Waals surface area contributed by atoms with Crippen molar-refractivity contribution >= 4 is 39.1 Å². The molecule has 0 aromatic heterocycles. The Morgan fingerprint density at radius 1 is 1.03 bits per heavy atom. The fourth-order valence-corrected chi connectivity index (χ4v) is 3.35. The van der Waals surface area contributed by atoms with Crippen molar-refractivity contribution in [3.63, 3.8) is 0 Å². The molecule has 1 aliphatic heterocycles. The molecule has 3 aromatic carbocycles. The van der Waals surface area contributed by atoms with E-state index in [1.807, 2.05) is 85.1 Å². The monoisotopic (exact) mass is 466 g/mol. The van der Waals surface area contributed by atoms with E-state index >= 15 is 0 Å². The zero-order valence-corrected chi connectivity index (χ0v) is 18.1. The molecule has 4 rings (SSSR count). The number of para-hydroxylation sites is 1. The van der Waals surface area contributed by atoms with Crippen LogP contribution in [-0.4, -0.2) is 11.8 Å². The maximum atomic E-state index is 12.1. The first-order chi connectivity index (χ1) is 14.5. The van der Waals surface area contributed by atoms with Crippen LogP contribution in [-0.2, 0) is 0 Å². The highest BCUT2D eigenvalue weighted by Gasteiger charge is 2.24. The number of ketones is 1. The molecule has 1 unspecified atom stereocenters. The molecule has 0 aliphatic carbocycles. The summed E-state index contributed by atoms with van der Waals surface area (Å²) in [5.41, 5.74) is 6.72. The number of benzene rings is 3. The van der Waals surface area contributed by atoms with Crippen LogP contribution >= 0.6 is 15.9 Å². The maximum absolute atomic E-state index is 12.1. The van der Waals surface area contributed by atoms with Crippen molar-refractivity contribution in [1.82, 2.24) is 5.43 Å². The first-order valence-corrected chi connectivity index (χ1v) is 10.2. The molecule has 0 bridgehead atoms. The summed E-state index contributed by atoms with van der Waals surface area (Å²) in [5, 5.41) is 5.97. The quantitative estimate of drug-likeness (QED) is 0.237. The third-order valence-corrected chi connectivity index (χ3v) is 5.19. The van der Waals surface area contributed by atoms with E-state index in [0.29, 0.717) is 6.42 Å². The van der Waals surface area contributed by atoms with Crippen molar-refractivity contribution in [3.8, 4) is 0 Å². The van der Waals surface area contributed by atoms with Crippen LogP contribution in [0.2, 0.25) is 0 Å². The molecular weight excluding hydrogens is 444 g/mol. The Kier molecular flexibility index (Phi) is 7.21. The standard InChI is InChI=1S/C15H12BrNO.C8H11N3O/c16-11-7-5-10(6-8-11)14-9-15(18)12-3-1-2-4-13(12)17-14;1-6-2-4-7(5-3-6)10-8(12)11-9/h1-8,14,17H,9H2;2-5H,9H2,1H3,(H2,10,11,12). The van der Waals surface area contributed by atoms with Gasteiger partial charge in [-0.15, -0.1) is 0 Å². The van der Waals surface area contributed by atoms with Crippen molar-refractivity contribution < 1.29 is 9.59 Å². The van der Waals surface area contributed by atoms with Gasteiger partial charge < -0.3 is 10.6 Å². The van der Waals surface area contributed by atoms with E-state index in [1.165, 1.54) is 0 Å². The van der Waals surface area contributed by atoms with E-state index in [9.17, 15) is 9.59 Å². The molecule has 1 atom stereocenters. The number of hydrazine groups is 1. The molecule has 0 fully saturated rings. The van der Waals surface area contributed by atoms with Crippen LogP contribution in [0.4, 0.5) is 16.2 Å². The zero-order chi connectivity index (χ0) is 21.5. The van der Waals surface area contributed by atoms with Gasteiger partial charge in [0.15, 0.2) is 5.78 Å². The second-order valence-electron chi connectivity index (χ2n) is 6.89. The van der Waals surface area contributed by atoms with E-state index in [2.05, 4.69) is 26.6 Å². The van der Waals surface area contributed by atoms with Crippen LogP contribution in [0.15, 0.2) is 77.3 Å². The normalized spacial score (nSPS) is 14.5. The average Bonchev–Trinajstić information content (AvgIpc) is 2.76. The summed E-state index contributed by atoms with van der Waals surface area (Å²) < 4.78 is 1.05.